The molecule has 0 saturated carbocycles. The summed E-state index contributed by atoms with van der Waals surface area (Å²) in [7, 11) is 5.40. The largest absolute Gasteiger partial charge is 0.481 e. The molecule has 3 rings (SSSR count). The van der Waals surface area contributed by atoms with Crippen LogP contribution < -0.4 is 0 Å². The number of ketones is 1. The summed E-state index contributed by atoms with van der Waals surface area (Å²) in [6.07, 6.45) is -1.05. The summed E-state index contributed by atoms with van der Waals surface area (Å²) in [6.45, 7) is 14.0. The number of esters is 2. The van der Waals surface area contributed by atoms with E-state index in [4.69, 9.17) is 23.7 Å². The normalized spacial score (nSPS) is 33.1. The minimum absolute atomic E-state index is 0.0101. The van der Waals surface area contributed by atoms with E-state index in [0.717, 1.165) is 6.42 Å². The van der Waals surface area contributed by atoms with Gasteiger partial charge in [0.05, 0.1) is 29.4 Å². The van der Waals surface area contributed by atoms with Gasteiger partial charge in [0, 0.05) is 32.0 Å². The van der Waals surface area contributed by atoms with Gasteiger partial charge in [-0.2, -0.15) is 0 Å². The Morgan fingerprint density at radius 2 is 1.74 bits per heavy atom. The SMILES string of the molecule is CCCN1C[C@H](C)C[C@@](C)(OC)[C@H](O[C@H]2O[C@H](C)C[C@@H](N(C)C)[C@H]2OC(=O)c2ccccc2)[C@@H](C)C(=O)C(C)(C)C(=O)OC[C@H]1CCC(=O)O. The van der Waals surface area contributed by atoms with Crippen molar-refractivity contribution in [1.82, 2.24) is 9.80 Å². The Morgan fingerprint density at radius 3 is 2.32 bits per heavy atom. The van der Waals surface area contributed by atoms with E-state index >= 15 is 0 Å². The fourth-order valence-electron chi connectivity index (χ4n) is 7.47. The first-order valence-corrected chi connectivity index (χ1v) is 17.9. The number of Topliss-reactive ketones (excluding diaryl/α,β-unsaturated/α-hetero) is 1. The summed E-state index contributed by atoms with van der Waals surface area (Å²) >= 11 is 0. The van der Waals surface area contributed by atoms with Crippen molar-refractivity contribution in [3.05, 3.63) is 35.9 Å². The first-order chi connectivity index (χ1) is 23.4. The Labute approximate surface area is 298 Å². The quantitative estimate of drug-likeness (QED) is 0.249. The fourth-order valence-corrected chi connectivity index (χ4v) is 7.47. The van der Waals surface area contributed by atoms with Crippen molar-refractivity contribution in [1.29, 1.82) is 0 Å². The van der Waals surface area contributed by atoms with Crippen LogP contribution in [0.5, 0.6) is 0 Å². The van der Waals surface area contributed by atoms with E-state index in [0.29, 0.717) is 37.9 Å². The van der Waals surface area contributed by atoms with Gasteiger partial charge in [-0.15, -0.1) is 0 Å². The number of cyclic esters (lactones) is 1. The van der Waals surface area contributed by atoms with E-state index in [-0.39, 0.29) is 37.1 Å². The standard InChI is InChI=1S/C38H60N2O10/c1-11-19-40-22-24(2)21-38(7,46-10)33(26(4)32(43)37(5,6)36(45)47-23-28(40)17-18-30(41)42)50-35-31(29(39(8)9)20-25(3)48-35)49-34(44)27-15-13-12-14-16-27/h12-16,24-26,28-29,31,33,35H,11,17-23H2,1-10H3,(H,41,42)/t24-,25-,26+,28-,29-,31-,33-,35-,38-/m1/s1. The second-order valence-corrected chi connectivity index (χ2v) is 15.2. The van der Waals surface area contributed by atoms with E-state index in [1.165, 1.54) is 0 Å². The Hall–Kier alpha value is -2.90. The highest BCUT2D eigenvalue weighted by atomic mass is 16.7. The summed E-state index contributed by atoms with van der Waals surface area (Å²) in [4.78, 5) is 57.2. The number of carbonyl (C=O) groups excluding carboxylic acids is 3. The predicted molar refractivity (Wildman–Crippen MR) is 188 cm³/mol. The topological polar surface area (TPSA) is 141 Å². The number of nitrogens with zero attached hydrogens (tertiary/aromatic N) is 2. The molecule has 1 aromatic rings. The van der Waals surface area contributed by atoms with Crippen molar-refractivity contribution in [2.75, 3.05) is 40.9 Å². The molecule has 9 atom stereocenters. The lowest BCUT2D eigenvalue weighted by Crippen LogP contribution is -2.60. The van der Waals surface area contributed by atoms with Crippen LogP contribution in [0.3, 0.4) is 0 Å². The Bertz CT molecular complexity index is 1290. The molecule has 2 saturated heterocycles. The molecule has 2 aliphatic heterocycles. The minimum atomic E-state index is -1.56. The van der Waals surface area contributed by atoms with Crippen molar-refractivity contribution in [2.45, 2.75) is 123 Å². The maximum atomic E-state index is 14.4. The molecule has 12 heteroatoms. The van der Waals surface area contributed by atoms with Crippen LogP contribution in [0.4, 0.5) is 0 Å². The number of rotatable bonds is 11. The van der Waals surface area contributed by atoms with Gasteiger partial charge < -0.3 is 33.7 Å². The van der Waals surface area contributed by atoms with Gasteiger partial charge in [-0.1, -0.05) is 39.0 Å². The third kappa shape index (κ3) is 10.3. The summed E-state index contributed by atoms with van der Waals surface area (Å²) in [5.74, 6) is -3.43. The first kappa shape index (κ1) is 41.5. The molecule has 1 N–H and O–H groups in total. The van der Waals surface area contributed by atoms with E-state index in [9.17, 15) is 24.3 Å². The number of hydrogen-bond donors (Lipinski definition) is 1. The molecule has 0 amide bonds. The van der Waals surface area contributed by atoms with Crippen LogP contribution in [0.25, 0.3) is 0 Å². The van der Waals surface area contributed by atoms with E-state index < -0.39 is 59.1 Å². The minimum Gasteiger partial charge on any atom is -0.481 e. The lowest BCUT2D eigenvalue weighted by Gasteiger charge is -2.48. The predicted octanol–water partition coefficient (Wildman–Crippen LogP) is 4.83. The number of ether oxygens (including phenoxy) is 5. The molecule has 0 spiro atoms. The smallest absolute Gasteiger partial charge is 0.338 e. The zero-order chi connectivity index (χ0) is 37.4. The van der Waals surface area contributed by atoms with Gasteiger partial charge in [0.2, 0.25) is 0 Å². The third-order valence-electron chi connectivity index (χ3n) is 10.3. The van der Waals surface area contributed by atoms with Gasteiger partial charge in [0.25, 0.3) is 0 Å². The van der Waals surface area contributed by atoms with Crippen molar-refractivity contribution in [2.24, 2.45) is 17.3 Å². The number of likely N-dealkylation sites (N-methyl/N-ethyl adjacent to an activating group) is 1. The van der Waals surface area contributed by atoms with Crippen LogP contribution in [0.2, 0.25) is 0 Å². The monoisotopic (exact) mass is 704 g/mol. The molecule has 12 nitrogen and oxygen atoms in total. The molecule has 0 aliphatic carbocycles. The molecule has 0 unspecified atom stereocenters. The molecule has 2 aliphatic rings. The second kappa shape index (κ2) is 18.0. The average molecular weight is 705 g/mol. The Balaban J connectivity index is 2.09. The van der Waals surface area contributed by atoms with Crippen molar-refractivity contribution in [3.8, 4) is 0 Å². The number of carboxylic acid groups (broad SMARTS) is 1. The number of carbonyl (C=O) groups is 4. The molecule has 0 aromatic heterocycles. The zero-order valence-electron chi connectivity index (χ0n) is 31.7. The maximum Gasteiger partial charge on any atom is 0.338 e. The third-order valence-corrected chi connectivity index (χ3v) is 10.3. The second-order valence-electron chi connectivity index (χ2n) is 15.2. The molecule has 1 aromatic carbocycles. The summed E-state index contributed by atoms with van der Waals surface area (Å²) in [5.41, 5.74) is -2.24. The lowest BCUT2D eigenvalue weighted by atomic mass is 9.74. The highest BCUT2D eigenvalue weighted by molar-refractivity contribution is 6.04. The van der Waals surface area contributed by atoms with Crippen LogP contribution in [-0.2, 0) is 38.1 Å². The molecule has 282 valence electrons. The van der Waals surface area contributed by atoms with Crippen LogP contribution in [0.1, 0.15) is 90.9 Å². The Morgan fingerprint density at radius 1 is 1.08 bits per heavy atom. The van der Waals surface area contributed by atoms with E-state index in [1.807, 2.05) is 45.8 Å². The fraction of sp³-hybridized carbons (Fsp3) is 0.737. The molecular weight excluding hydrogens is 644 g/mol. The van der Waals surface area contributed by atoms with Crippen LogP contribution in [-0.4, -0.2) is 122 Å². The number of methoxy groups -OCH3 is 1. The number of aliphatic carboxylic acids is 1. The molecule has 50 heavy (non-hydrogen) atoms. The zero-order valence-corrected chi connectivity index (χ0v) is 31.7. The van der Waals surface area contributed by atoms with Gasteiger partial charge in [-0.05, 0) is 92.1 Å². The van der Waals surface area contributed by atoms with E-state index in [1.54, 1.807) is 52.1 Å². The number of benzene rings is 1. The van der Waals surface area contributed by atoms with Crippen molar-refractivity contribution in [3.63, 3.8) is 0 Å². The molecule has 2 heterocycles. The van der Waals surface area contributed by atoms with Crippen molar-refractivity contribution < 1.29 is 48.0 Å². The van der Waals surface area contributed by atoms with Gasteiger partial charge in [0.1, 0.15) is 12.0 Å². The van der Waals surface area contributed by atoms with Crippen LogP contribution in [0, 0.1) is 17.3 Å². The highest BCUT2D eigenvalue weighted by Gasteiger charge is 2.52. The molecule has 0 radical (unpaired) electrons. The van der Waals surface area contributed by atoms with Gasteiger partial charge in [0.15, 0.2) is 18.2 Å². The average Bonchev–Trinajstić information content (AvgIpc) is 3.06. The summed E-state index contributed by atoms with van der Waals surface area (Å²) in [6, 6.07) is 8.11. The van der Waals surface area contributed by atoms with Gasteiger partial charge in [-0.25, -0.2) is 4.79 Å². The maximum absolute atomic E-state index is 14.4. The first-order valence-electron chi connectivity index (χ1n) is 17.9. The molecule has 2 fully saturated rings. The molecular formula is C38H60N2O10. The summed E-state index contributed by atoms with van der Waals surface area (Å²) < 4.78 is 31.5. The van der Waals surface area contributed by atoms with E-state index in [2.05, 4.69) is 11.8 Å². The van der Waals surface area contributed by atoms with Gasteiger partial charge >= 0.3 is 17.9 Å². The Kier molecular flexibility index (Phi) is 15.0. The van der Waals surface area contributed by atoms with Crippen LogP contribution >= 0.6 is 0 Å². The van der Waals surface area contributed by atoms with Crippen LogP contribution in [0.15, 0.2) is 30.3 Å². The highest BCUT2D eigenvalue weighted by Crippen LogP contribution is 2.39. The molecule has 0 bridgehead atoms. The lowest BCUT2D eigenvalue weighted by molar-refractivity contribution is -0.295. The summed E-state index contributed by atoms with van der Waals surface area (Å²) in [5, 5.41) is 9.47. The number of carboxylic acids is 1. The number of hydrogen-bond acceptors (Lipinski definition) is 11. The van der Waals surface area contributed by atoms with Gasteiger partial charge in [-0.3, -0.25) is 19.3 Å². The van der Waals surface area contributed by atoms with Crippen molar-refractivity contribution >= 4 is 23.7 Å².